The maximum atomic E-state index is 12.4. The van der Waals surface area contributed by atoms with Gasteiger partial charge in [0.1, 0.15) is 11.5 Å². The van der Waals surface area contributed by atoms with Crippen molar-refractivity contribution in [1.29, 1.82) is 0 Å². The van der Waals surface area contributed by atoms with Crippen LogP contribution in [0.15, 0.2) is 45.3 Å². The summed E-state index contributed by atoms with van der Waals surface area (Å²) < 4.78 is 12.7. The van der Waals surface area contributed by atoms with Gasteiger partial charge in [-0.15, -0.1) is 0 Å². The van der Waals surface area contributed by atoms with Gasteiger partial charge in [-0.25, -0.2) is 0 Å². The highest BCUT2D eigenvalue weighted by Gasteiger charge is 2.14. The molecule has 0 fully saturated rings. The summed E-state index contributed by atoms with van der Waals surface area (Å²) in [6.45, 7) is 4.17. The number of hydrazine groups is 1. The number of carbonyl (C=O) groups is 2. The summed E-state index contributed by atoms with van der Waals surface area (Å²) >= 11 is 6.73. The van der Waals surface area contributed by atoms with Gasteiger partial charge in [-0.05, 0) is 55.3 Å². The zero-order valence-electron chi connectivity index (χ0n) is 15.0. The van der Waals surface area contributed by atoms with Crippen LogP contribution in [0.5, 0.6) is 11.5 Å². The number of rotatable bonds is 7. The maximum absolute atomic E-state index is 12.4. The van der Waals surface area contributed by atoms with E-state index in [9.17, 15) is 9.59 Å². The van der Waals surface area contributed by atoms with Crippen molar-refractivity contribution in [2.75, 3.05) is 13.2 Å². The van der Waals surface area contributed by atoms with Gasteiger partial charge >= 0.3 is 0 Å². The van der Waals surface area contributed by atoms with E-state index >= 15 is 0 Å². The molecule has 0 bridgehead atoms. The Balaban J connectivity index is 1.90. The fraction of sp³-hybridized carbons (Fsp3) is 0.263. The Kier molecular flexibility index (Phi) is 8.12. The van der Waals surface area contributed by atoms with Gasteiger partial charge in [-0.2, -0.15) is 0 Å². The van der Waals surface area contributed by atoms with Gasteiger partial charge in [-0.1, -0.05) is 38.8 Å². The molecule has 2 aromatic carbocycles. The Hall–Kier alpha value is -2.06. The predicted octanol–water partition coefficient (Wildman–Crippen LogP) is 4.15. The molecule has 2 amide bonds. The minimum Gasteiger partial charge on any atom is -0.493 e. The van der Waals surface area contributed by atoms with Gasteiger partial charge in [0.25, 0.3) is 11.8 Å². The minimum absolute atomic E-state index is 0.223. The van der Waals surface area contributed by atoms with Crippen molar-refractivity contribution in [3.05, 3.63) is 56.5 Å². The van der Waals surface area contributed by atoms with Crippen LogP contribution in [-0.2, 0) is 4.79 Å². The maximum Gasteiger partial charge on any atom is 0.276 e. The van der Waals surface area contributed by atoms with Crippen LogP contribution in [-0.4, -0.2) is 25.0 Å². The first-order chi connectivity index (χ1) is 12.9. The van der Waals surface area contributed by atoms with Crippen LogP contribution in [0.3, 0.4) is 0 Å². The van der Waals surface area contributed by atoms with Crippen molar-refractivity contribution in [2.24, 2.45) is 0 Å². The van der Waals surface area contributed by atoms with Crippen LogP contribution in [0.2, 0.25) is 0 Å². The van der Waals surface area contributed by atoms with Crippen LogP contribution in [0, 0.1) is 6.92 Å². The number of nitrogens with one attached hydrogen (secondary N) is 2. The molecular weight excluding hydrogens is 480 g/mol. The number of benzene rings is 2. The van der Waals surface area contributed by atoms with Crippen LogP contribution < -0.4 is 20.3 Å². The topological polar surface area (TPSA) is 76.7 Å². The number of hydrogen-bond acceptors (Lipinski definition) is 4. The second kappa shape index (κ2) is 10.3. The van der Waals surface area contributed by atoms with E-state index in [-0.39, 0.29) is 6.61 Å². The number of aryl methyl sites for hydroxylation is 1. The molecule has 0 aromatic heterocycles. The van der Waals surface area contributed by atoms with Crippen LogP contribution in [0.4, 0.5) is 0 Å². The first-order valence-corrected chi connectivity index (χ1v) is 9.89. The van der Waals surface area contributed by atoms with Crippen LogP contribution in [0.25, 0.3) is 0 Å². The van der Waals surface area contributed by atoms with Crippen molar-refractivity contribution in [3.8, 4) is 11.5 Å². The highest BCUT2D eigenvalue weighted by molar-refractivity contribution is 9.10. The van der Waals surface area contributed by atoms with Crippen molar-refractivity contribution < 1.29 is 19.1 Å². The third kappa shape index (κ3) is 6.55. The molecule has 6 nitrogen and oxygen atoms in total. The van der Waals surface area contributed by atoms with Gasteiger partial charge < -0.3 is 9.47 Å². The number of hydrogen-bond donors (Lipinski definition) is 2. The number of halogens is 2. The normalized spacial score (nSPS) is 10.2. The summed E-state index contributed by atoms with van der Waals surface area (Å²) in [6, 6.07) is 10.5. The molecule has 0 aliphatic rings. The van der Waals surface area contributed by atoms with E-state index in [1.54, 1.807) is 24.3 Å². The molecule has 0 aliphatic carbocycles. The van der Waals surface area contributed by atoms with Crippen molar-refractivity contribution in [3.63, 3.8) is 0 Å². The molecule has 2 rings (SSSR count). The summed E-state index contributed by atoms with van der Waals surface area (Å²) in [4.78, 5) is 24.3. The first-order valence-electron chi connectivity index (χ1n) is 8.31. The summed E-state index contributed by atoms with van der Waals surface area (Å²) in [6.07, 6.45) is 0.820. The number of amides is 2. The lowest BCUT2D eigenvalue weighted by Gasteiger charge is -2.13. The van der Waals surface area contributed by atoms with Gasteiger partial charge in [-0.3, -0.25) is 20.4 Å². The minimum atomic E-state index is -0.477. The van der Waals surface area contributed by atoms with Crippen molar-refractivity contribution in [2.45, 2.75) is 20.3 Å². The fourth-order valence-corrected chi connectivity index (χ4v) is 2.71. The lowest BCUT2D eigenvalue weighted by atomic mass is 10.2. The molecule has 0 aliphatic heterocycles. The zero-order valence-corrected chi connectivity index (χ0v) is 18.1. The highest BCUT2D eigenvalue weighted by Crippen LogP contribution is 2.23. The van der Waals surface area contributed by atoms with E-state index in [1.165, 1.54) is 0 Å². The van der Waals surface area contributed by atoms with Gasteiger partial charge in [0.2, 0.25) is 0 Å². The van der Waals surface area contributed by atoms with E-state index in [1.807, 2.05) is 26.0 Å². The molecule has 8 heteroatoms. The van der Waals surface area contributed by atoms with Gasteiger partial charge in [0, 0.05) is 8.95 Å². The Morgan fingerprint density at radius 3 is 2.52 bits per heavy atom. The van der Waals surface area contributed by atoms with Gasteiger partial charge in [0.05, 0.1) is 12.2 Å². The van der Waals surface area contributed by atoms with Crippen LogP contribution >= 0.6 is 31.9 Å². The first kappa shape index (κ1) is 21.2. The Bertz CT molecular complexity index is 827. The molecule has 0 unspecified atom stereocenters. The molecule has 2 N–H and O–H groups in total. The highest BCUT2D eigenvalue weighted by atomic mass is 79.9. The monoisotopic (exact) mass is 498 g/mol. The van der Waals surface area contributed by atoms with Crippen LogP contribution in [0.1, 0.15) is 29.3 Å². The van der Waals surface area contributed by atoms with E-state index in [0.717, 1.165) is 20.9 Å². The zero-order chi connectivity index (χ0) is 19.8. The molecular formula is C19H20Br2N2O4. The third-order valence-corrected chi connectivity index (χ3v) is 4.85. The SMILES string of the molecule is CCCOc1ccc(Br)cc1C(=O)NNC(=O)COc1ccc(Br)c(C)c1. The fourth-order valence-electron chi connectivity index (χ4n) is 2.10. The Morgan fingerprint density at radius 2 is 1.81 bits per heavy atom. The summed E-state index contributed by atoms with van der Waals surface area (Å²) in [5.74, 6) is 0.0676. The Morgan fingerprint density at radius 1 is 1.04 bits per heavy atom. The largest absolute Gasteiger partial charge is 0.493 e. The third-order valence-electron chi connectivity index (χ3n) is 3.46. The molecule has 0 saturated heterocycles. The summed E-state index contributed by atoms with van der Waals surface area (Å²) in [7, 11) is 0. The molecule has 0 saturated carbocycles. The summed E-state index contributed by atoms with van der Waals surface area (Å²) in [5, 5.41) is 0. The van der Waals surface area contributed by atoms with Crippen molar-refractivity contribution in [1.82, 2.24) is 10.9 Å². The standard InChI is InChI=1S/C19H20Br2N2O4/c1-3-8-26-17-7-4-13(20)10-15(17)19(25)23-22-18(24)11-27-14-5-6-16(21)12(2)9-14/h4-7,9-10H,3,8,11H2,1-2H3,(H,22,24)(H,23,25). The number of carbonyl (C=O) groups excluding carboxylic acids is 2. The molecule has 0 radical (unpaired) electrons. The van der Waals surface area contributed by atoms with Crippen molar-refractivity contribution >= 4 is 43.7 Å². The molecule has 144 valence electrons. The average molecular weight is 500 g/mol. The predicted molar refractivity (Wildman–Crippen MR) is 110 cm³/mol. The molecule has 0 atom stereocenters. The molecule has 27 heavy (non-hydrogen) atoms. The summed E-state index contributed by atoms with van der Waals surface area (Å²) in [5.41, 5.74) is 6.03. The van der Waals surface area contributed by atoms with E-state index in [2.05, 4.69) is 42.7 Å². The van der Waals surface area contributed by atoms with E-state index in [0.29, 0.717) is 23.7 Å². The number of ether oxygens (including phenoxy) is 2. The second-order valence-electron chi connectivity index (χ2n) is 5.69. The Labute approximate surface area is 174 Å². The molecule has 0 heterocycles. The lowest BCUT2D eigenvalue weighted by molar-refractivity contribution is -0.123. The quantitative estimate of drug-likeness (QED) is 0.561. The second-order valence-corrected chi connectivity index (χ2v) is 7.46. The average Bonchev–Trinajstić information content (AvgIpc) is 2.66. The molecule has 0 spiro atoms. The van der Waals surface area contributed by atoms with Gasteiger partial charge in [0.15, 0.2) is 6.61 Å². The van der Waals surface area contributed by atoms with E-state index in [4.69, 9.17) is 9.47 Å². The van der Waals surface area contributed by atoms with E-state index < -0.39 is 11.8 Å². The molecule has 2 aromatic rings. The smallest absolute Gasteiger partial charge is 0.276 e. The lowest BCUT2D eigenvalue weighted by Crippen LogP contribution is -2.44.